The van der Waals surface area contributed by atoms with Crippen molar-refractivity contribution < 1.29 is 9.47 Å². The van der Waals surface area contributed by atoms with Gasteiger partial charge >= 0.3 is 0 Å². The van der Waals surface area contributed by atoms with Crippen molar-refractivity contribution >= 4 is 17.5 Å². The van der Waals surface area contributed by atoms with Crippen molar-refractivity contribution in [2.75, 3.05) is 36.5 Å². The van der Waals surface area contributed by atoms with Gasteiger partial charge in [-0.15, -0.1) is 0 Å². The molecule has 0 saturated carbocycles. The molecule has 0 radical (unpaired) electrons. The third kappa shape index (κ3) is 3.39. The van der Waals surface area contributed by atoms with Gasteiger partial charge in [0.05, 0.1) is 13.2 Å². The van der Waals surface area contributed by atoms with Gasteiger partial charge < -0.3 is 19.7 Å². The number of ether oxygens (including phenoxy) is 2. The van der Waals surface area contributed by atoms with E-state index in [0.29, 0.717) is 13.2 Å². The van der Waals surface area contributed by atoms with Crippen molar-refractivity contribution in [1.29, 1.82) is 0 Å². The highest BCUT2D eigenvalue weighted by atomic mass is 16.7. The summed E-state index contributed by atoms with van der Waals surface area (Å²) in [4.78, 5) is 11.6. The maximum absolute atomic E-state index is 5.81. The molecule has 0 aliphatic carbocycles. The Bertz CT molecular complexity index is 792. The van der Waals surface area contributed by atoms with Crippen molar-refractivity contribution in [3.8, 4) is 0 Å². The standard InChI is InChI=1S/C20H26N4O2/c1-14-5-4-6-17(16(14)3)22-18-13-15(2)21-19(23-18)24-9-7-20(8-10-24)25-11-12-26-20/h4-6,13H,7-12H2,1-3H3,(H,21,22,23). The fraction of sp³-hybridized carbons (Fsp3) is 0.500. The summed E-state index contributed by atoms with van der Waals surface area (Å²) in [5, 5.41) is 3.45. The van der Waals surface area contributed by atoms with Crippen LogP contribution in [0, 0.1) is 20.8 Å². The number of aromatic nitrogens is 2. The van der Waals surface area contributed by atoms with E-state index >= 15 is 0 Å². The van der Waals surface area contributed by atoms with Gasteiger partial charge in [0.25, 0.3) is 0 Å². The van der Waals surface area contributed by atoms with Crippen molar-refractivity contribution in [3.63, 3.8) is 0 Å². The van der Waals surface area contributed by atoms with Crippen molar-refractivity contribution in [1.82, 2.24) is 9.97 Å². The number of hydrogen-bond acceptors (Lipinski definition) is 6. The smallest absolute Gasteiger partial charge is 0.227 e. The molecule has 6 heteroatoms. The Balaban J connectivity index is 1.52. The monoisotopic (exact) mass is 354 g/mol. The fourth-order valence-corrected chi connectivity index (χ4v) is 3.62. The second-order valence-electron chi connectivity index (χ2n) is 7.16. The van der Waals surface area contributed by atoms with Gasteiger partial charge in [0.2, 0.25) is 5.95 Å². The zero-order valence-electron chi connectivity index (χ0n) is 15.7. The van der Waals surface area contributed by atoms with Crippen LogP contribution in [0.15, 0.2) is 24.3 Å². The Morgan fingerprint density at radius 2 is 1.77 bits per heavy atom. The molecule has 4 rings (SSSR count). The normalized spacial score (nSPS) is 19.1. The third-order valence-corrected chi connectivity index (χ3v) is 5.33. The maximum atomic E-state index is 5.81. The van der Waals surface area contributed by atoms with Gasteiger partial charge in [-0.2, -0.15) is 4.98 Å². The largest absolute Gasteiger partial charge is 0.347 e. The Hall–Kier alpha value is -2.18. The van der Waals surface area contributed by atoms with Crippen LogP contribution in [0.5, 0.6) is 0 Å². The molecule has 0 bridgehead atoms. The molecule has 2 aliphatic rings. The van der Waals surface area contributed by atoms with Crippen LogP contribution in [0.4, 0.5) is 17.5 Å². The van der Waals surface area contributed by atoms with Gasteiger partial charge in [0.15, 0.2) is 5.79 Å². The lowest BCUT2D eigenvalue weighted by atomic mass is 10.0. The fourth-order valence-electron chi connectivity index (χ4n) is 3.62. The zero-order valence-corrected chi connectivity index (χ0v) is 15.7. The molecule has 2 aliphatic heterocycles. The first-order valence-electron chi connectivity index (χ1n) is 9.26. The summed E-state index contributed by atoms with van der Waals surface area (Å²) in [5.74, 6) is 1.22. The van der Waals surface area contributed by atoms with E-state index in [9.17, 15) is 0 Å². The van der Waals surface area contributed by atoms with E-state index in [4.69, 9.17) is 14.5 Å². The summed E-state index contributed by atoms with van der Waals surface area (Å²) in [7, 11) is 0. The van der Waals surface area contributed by atoms with E-state index < -0.39 is 0 Å². The van der Waals surface area contributed by atoms with Crippen LogP contribution in [0.25, 0.3) is 0 Å². The average molecular weight is 354 g/mol. The van der Waals surface area contributed by atoms with Crippen LogP contribution in [0.2, 0.25) is 0 Å². The summed E-state index contributed by atoms with van der Waals surface area (Å²) in [5.41, 5.74) is 4.54. The van der Waals surface area contributed by atoms with Gasteiger partial charge in [0.1, 0.15) is 5.82 Å². The van der Waals surface area contributed by atoms with E-state index in [1.54, 1.807) is 0 Å². The van der Waals surface area contributed by atoms with Crippen molar-refractivity contribution in [3.05, 3.63) is 41.1 Å². The minimum Gasteiger partial charge on any atom is -0.347 e. The van der Waals surface area contributed by atoms with E-state index in [2.05, 4.69) is 47.2 Å². The van der Waals surface area contributed by atoms with Crippen LogP contribution >= 0.6 is 0 Å². The lowest BCUT2D eigenvalue weighted by Gasteiger charge is -2.37. The summed E-state index contributed by atoms with van der Waals surface area (Å²) in [6, 6.07) is 8.25. The molecule has 2 fully saturated rings. The van der Waals surface area contributed by atoms with Crippen molar-refractivity contribution in [2.24, 2.45) is 0 Å². The summed E-state index contributed by atoms with van der Waals surface area (Å²) >= 11 is 0. The first kappa shape index (κ1) is 17.2. The number of nitrogens with one attached hydrogen (secondary N) is 1. The predicted octanol–water partition coefficient (Wildman–Crippen LogP) is 3.49. The number of piperidine rings is 1. The highest BCUT2D eigenvalue weighted by molar-refractivity contribution is 5.63. The molecule has 138 valence electrons. The molecule has 3 heterocycles. The van der Waals surface area contributed by atoms with Gasteiger partial charge in [0, 0.05) is 43.4 Å². The number of benzene rings is 1. The number of rotatable bonds is 3. The molecule has 1 aromatic carbocycles. The Morgan fingerprint density at radius 1 is 1.04 bits per heavy atom. The topological polar surface area (TPSA) is 59.5 Å². The van der Waals surface area contributed by atoms with Crippen LogP contribution in [-0.2, 0) is 9.47 Å². The van der Waals surface area contributed by atoms with Crippen LogP contribution in [0.1, 0.15) is 29.7 Å². The molecule has 1 aromatic heterocycles. The summed E-state index contributed by atoms with van der Waals surface area (Å²) in [6.45, 7) is 9.33. The van der Waals surface area contributed by atoms with Gasteiger partial charge in [-0.25, -0.2) is 4.98 Å². The van der Waals surface area contributed by atoms with Crippen LogP contribution in [-0.4, -0.2) is 42.1 Å². The Kier molecular flexibility index (Phi) is 4.54. The van der Waals surface area contributed by atoms with Gasteiger partial charge in [-0.1, -0.05) is 12.1 Å². The van der Waals surface area contributed by atoms with Gasteiger partial charge in [-0.3, -0.25) is 0 Å². The lowest BCUT2D eigenvalue weighted by Crippen LogP contribution is -2.45. The van der Waals surface area contributed by atoms with Crippen LogP contribution < -0.4 is 10.2 Å². The first-order valence-corrected chi connectivity index (χ1v) is 9.26. The number of aryl methyl sites for hydroxylation is 2. The van der Waals surface area contributed by atoms with E-state index in [0.717, 1.165) is 49.1 Å². The third-order valence-electron chi connectivity index (χ3n) is 5.33. The highest BCUT2D eigenvalue weighted by Gasteiger charge is 2.40. The minimum absolute atomic E-state index is 0.375. The van der Waals surface area contributed by atoms with E-state index in [1.807, 2.05) is 13.0 Å². The average Bonchev–Trinajstić information content (AvgIpc) is 3.07. The molecule has 0 amide bonds. The van der Waals surface area contributed by atoms with Gasteiger partial charge in [-0.05, 0) is 38.0 Å². The maximum Gasteiger partial charge on any atom is 0.227 e. The second kappa shape index (κ2) is 6.85. The number of nitrogens with zero attached hydrogens (tertiary/aromatic N) is 3. The molecule has 2 aromatic rings. The second-order valence-corrected chi connectivity index (χ2v) is 7.16. The van der Waals surface area contributed by atoms with E-state index in [-0.39, 0.29) is 5.79 Å². The zero-order chi connectivity index (χ0) is 18.1. The molecule has 0 unspecified atom stereocenters. The molecule has 1 N–H and O–H groups in total. The SMILES string of the molecule is Cc1cc(Nc2cccc(C)c2C)nc(N2CCC3(CC2)OCCO3)n1. The summed E-state index contributed by atoms with van der Waals surface area (Å²) in [6.07, 6.45) is 1.70. The molecule has 1 spiro atoms. The number of hydrogen-bond donors (Lipinski definition) is 1. The molecular formula is C20H26N4O2. The van der Waals surface area contributed by atoms with Crippen LogP contribution in [0.3, 0.4) is 0 Å². The number of anilines is 3. The Morgan fingerprint density at radius 3 is 2.50 bits per heavy atom. The summed E-state index contributed by atoms with van der Waals surface area (Å²) < 4.78 is 11.6. The predicted molar refractivity (Wildman–Crippen MR) is 102 cm³/mol. The quantitative estimate of drug-likeness (QED) is 0.910. The molecule has 6 nitrogen and oxygen atoms in total. The minimum atomic E-state index is -0.375. The molecule has 0 atom stereocenters. The lowest BCUT2D eigenvalue weighted by molar-refractivity contribution is -0.169. The molecular weight excluding hydrogens is 328 g/mol. The molecule has 26 heavy (non-hydrogen) atoms. The van der Waals surface area contributed by atoms with Crippen molar-refractivity contribution in [2.45, 2.75) is 39.4 Å². The highest BCUT2D eigenvalue weighted by Crippen LogP contribution is 2.33. The Labute approximate surface area is 154 Å². The van der Waals surface area contributed by atoms with E-state index in [1.165, 1.54) is 11.1 Å². The molecule has 2 saturated heterocycles. The first-order chi connectivity index (χ1) is 12.5.